The monoisotopic (exact) mass is 251 g/mol. The minimum atomic E-state index is -0.304. The molecule has 1 aliphatic heterocycles. The second-order valence-corrected chi connectivity index (χ2v) is 4.88. The van der Waals surface area contributed by atoms with Gasteiger partial charge in [-0.1, -0.05) is 12.2 Å². The highest BCUT2D eigenvalue weighted by Gasteiger charge is 2.37. The predicted octanol–water partition coefficient (Wildman–Crippen LogP) is 0.198. The van der Waals surface area contributed by atoms with Gasteiger partial charge in [-0.25, -0.2) is 0 Å². The van der Waals surface area contributed by atoms with Crippen molar-refractivity contribution in [2.45, 2.75) is 24.9 Å². The molecule has 100 valence electrons. The summed E-state index contributed by atoms with van der Waals surface area (Å²) < 4.78 is 0. The lowest BCUT2D eigenvalue weighted by atomic mass is 9.95. The van der Waals surface area contributed by atoms with Crippen LogP contribution >= 0.6 is 0 Å². The molecule has 0 spiro atoms. The van der Waals surface area contributed by atoms with Gasteiger partial charge in [0.05, 0.1) is 12.6 Å². The molecule has 5 nitrogen and oxygen atoms in total. The molecule has 1 fully saturated rings. The fourth-order valence-electron chi connectivity index (χ4n) is 2.29. The molecule has 0 saturated heterocycles. The highest BCUT2D eigenvalue weighted by molar-refractivity contribution is 5.83. The van der Waals surface area contributed by atoms with Gasteiger partial charge in [0.2, 0.25) is 5.91 Å². The first-order valence-corrected chi connectivity index (χ1v) is 6.34. The van der Waals surface area contributed by atoms with Crippen LogP contribution in [0, 0.1) is 5.92 Å². The van der Waals surface area contributed by atoms with E-state index in [4.69, 9.17) is 10.6 Å². The van der Waals surface area contributed by atoms with Crippen molar-refractivity contribution in [3.8, 4) is 0 Å². The molecule has 0 unspecified atom stereocenters. The molecule has 5 heteroatoms. The van der Waals surface area contributed by atoms with Gasteiger partial charge >= 0.3 is 0 Å². The molecular weight excluding hydrogens is 230 g/mol. The standard InChI is InChI=1S/C13H21N3O2/c1-3-6-18-16(2)10-7-11(9-4-5-9)12(13(14)17)15-8-10/h3,7,9-10,12,15H,1,4-6,8H2,2H3,(H2,14,17)/t10-,12+/m1/s1. The third-order valence-corrected chi connectivity index (χ3v) is 3.45. The second kappa shape index (κ2) is 5.65. The van der Waals surface area contributed by atoms with Crippen LogP contribution in [0.1, 0.15) is 12.8 Å². The van der Waals surface area contributed by atoms with E-state index in [9.17, 15) is 4.79 Å². The number of hydrogen-bond donors (Lipinski definition) is 2. The Morgan fingerprint density at radius 3 is 3.00 bits per heavy atom. The Morgan fingerprint density at radius 1 is 1.72 bits per heavy atom. The summed E-state index contributed by atoms with van der Waals surface area (Å²) in [4.78, 5) is 16.9. The van der Waals surface area contributed by atoms with E-state index in [1.807, 2.05) is 7.05 Å². The van der Waals surface area contributed by atoms with Crippen molar-refractivity contribution < 1.29 is 9.63 Å². The number of carbonyl (C=O) groups is 1. The van der Waals surface area contributed by atoms with Crippen molar-refractivity contribution in [3.63, 3.8) is 0 Å². The first-order valence-electron chi connectivity index (χ1n) is 6.34. The first-order chi connectivity index (χ1) is 8.63. The number of nitrogens with zero attached hydrogens (tertiary/aromatic N) is 1. The first kappa shape index (κ1) is 13.3. The Morgan fingerprint density at radius 2 is 2.44 bits per heavy atom. The SMILES string of the molecule is C=CCON(C)[C@@H]1C=C(C2CC2)[C@@H](C(N)=O)NC1. The van der Waals surface area contributed by atoms with E-state index in [1.54, 1.807) is 11.1 Å². The number of nitrogens with two attached hydrogens (primary N) is 1. The molecular formula is C13H21N3O2. The summed E-state index contributed by atoms with van der Waals surface area (Å²) in [5.74, 6) is 0.229. The van der Waals surface area contributed by atoms with Crippen molar-refractivity contribution in [3.05, 3.63) is 24.3 Å². The zero-order valence-electron chi connectivity index (χ0n) is 10.8. The molecule has 1 heterocycles. The van der Waals surface area contributed by atoms with Gasteiger partial charge in [0.1, 0.15) is 6.04 Å². The topological polar surface area (TPSA) is 67.6 Å². The number of hydroxylamine groups is 2. The smallest absolute Gasteiger partial charge is 0.238 e. The summed E-state index contributed by atoms with van der Waals surface area (Å²) in [6.45, 7) is 4.77. The molecule has 1 amide bonds. The maximum Gasteiger partial charge on any atom is 0.238 e. The number of nitrogens with one attached hydrogen (secondary N) is 1. The van der Waals surface area contributed by atoms with E-state index >= 15 is 0 Å². The van der Waals surface area contributed by atoms with Crippen LogP contribution in [-0.2, 0) is 9.63 Å². The van der Waals surface area contributed by atoms with Gasteiger partial charge in [-0.05, 0) is 24.3 Å². The third-order valence-electron chi connectivity index (χ3n) is 3.45. The van der Waals surface area contributed by atoms with Gasteiger partial charge in [0, 0.05) is 13.6 Å². The Bertz CT molecular complexity index is 363. The van der Waals surface area contributed by atoms with Crippen LogP contribution < -0.4 is 11.1 Å². The zero-order chi connectivity index (χ0) is 13.1. The van der Waals surface area contributed by atoms with Gasteiger partial charge in [-0.15, -0.1) is 6.58 Å². The Balaban J connectivity index is 2.06. The van der Waals surface area contributed by atoms with Crippen molar-refractivity contribution in [2.75, 3.05) is 20.2 Å². The van der Waals surface area contributed by atoms with Crippen molar-refractivity contribution >= 4 is 5.91 Å². The predicted molar refractivity (Wildman–Crippen MR) is 69.5 cm³/mol. The molecule has 2 aliphatic rings. The normalized spacial score (nSPS) is 28.0. The number of amides is 1. The summed E-state index contributed by atoms with van der Waals surface area (Å²) in [5, 5.41) is 5.01. The molecule has 0 radical (unpaired) electrons. The maximum absolute atomic E-state index is 11.4. The lowest BCUT2D eigenvalue weighted by Gasteiger charge is -2.33. The fourth-order valence-corrected chi connectivity index (χ4v) is 2.29. The van der Waals surface area contributed by atoms with Gasteiger partial charge < -0.3 is 11.1 Å². The summed E-state index contributed by atoms with van der Waals surface area (Å²) in [6, 6.07) is -0.169. The van der Waals surface area contributed by atoms with E-state index < -0.39 is 0 Å². The number of carbonyl (C=O) groups excluding carboxylic acids is 1. The van der Waals surface area contributed by atoms with E-state index in [0.29, 0.717) is 19.1 Å². The van der Waals surface area contributed by atoms with Gasteiger partial charge in [-0.2, -0.15) is 5.06 Å². The number of rotatable bonds is 6. The lowest BCUT2D eigenvalue weighted by Crippen LogP contribution is -2.52. The van der Waals surface area contributed by atoms with Crippen LogP contribution in [0.15, 0.2) is 24.3 Å². The van der Waals surface area contributed by atoms with Crippen LogP contribution in [0.25, 0.3) is 0 Å². The highest BCUT2D eigenvalue weighted by atomic mass is 16.7. The summed E-state index contributed by atoms with van der Waals surface area (Å²) >= 11 is 0. The average molecular weight is 251 g/mol. The maximum atomic E-state index is 11.4. The van der Waals surface area contributed by atoms with Gasteiger partial charge in [0.25, 0.3) is 0 Å². The van der Waals surface area contributed by atoms with Crippen molar-refractivity contribution in [1.82, 2.24) is 10.4 Å². The lowest BCUT2D eigenvalue weighted by molar-refractivity contribution is -0.147. The molecule has 1 saturated carbocycles. The highest BCUT2D eigenvalue weighted by Crippen LogP contribution is 2.39. The number of primary amides is 1. The van der Waals surface area contributed by atoms with Gasteiger partial charge in [-0.3, -0.25) is 9.63 Å². The molecule has 18 heavy (non-hydrogen) atoms. The minimum absolute atomic E-state index is 0.135. The Kier molecular flexibility index (Phi) is 4.16. The summed E-state index contributed by atoms with van der Waals surface area (Å²) in [6.07, 6.45) is 6.15. The Labute approximate surface area is 108 Å². The van der Waals surface area contributed by atoms with E-state index in [-0.39, 0.29) is 18.0 Å². The van der Waals surface area contributed by atoms with Crippen LogP contribution in [0.4, 0.5) is 0 Å². The van der Waals surface area contributed by atoms with Crippen molar-refractivity contribution in [1.29, 1.82) is 0 Å². The van der Waals surface area contributed by atoms with Crippen LogP contribution in [0.5, 0.6) is 0 Å². The van der Waals surface area contributed by atoms with Crippen molar-refractivity contribution in [2.24, 2.45) is 11.7 Å². The molecule has 0 aromatic carbocycles. The molecule has 2 rings (SSSR count). The van der Waals surface area contributed by atoms with Crippen LogP contribution in [0.3, 0.4) is 0 Å². The fraction of sp³-hybridized carbons (Fsp3) is 0.615. The quantitative estimate of drug-likeness (QED) is 0.522. The molecule has 1 aliphatic carbocycles. The molecule has 2 atom stereocenters. The van der Waals surface area contributed by atoms with Crippen LogP contribution in [-0.4, -0.2) is 43.3 Å². The molecule has 0 aromatic heterocycles. The Hall–Kier alpha value is -1.17. The summed E-state index contributed by atoms with van der Waals surface area (Å²) in [7, 11) is 1.89. The largest absolute Gasteiger partial charge is 0.368 e. The molecule has 0 bridgehead atoms. The average Bonchev–Trinajstić information content (AvgIpc) is 3.19. The second-order valence-electron chi connectivity index (χ2n) is 4.88. The van der Waals surface area contributed by atoms with E-state index in [2.05, 4.69) is 18.0 Å². The van der Waals surface area contributed by atoms with Crippen LogP contribution in [0.2, 0.25) is 0 Å². The summed E-state index contributed by atoms with van der Waals surface area (Å²) in [5.41, 5.74) is 6.56. The third kappa shape index (κ3) is 2.98. The number of hydrogen-bond acceptors (Lipinski definition) is 4. The van der Waals surface area contributed by atoms with E-state index in [0.717, 1.165) is 18.4 Å². The van der Waals surface area contributed by atoms with Gasteiger partial charge in [0.15, 0.2) is 0 Å². The zero-order valence-corrected chi connectivity index (χ0v) is 10.8. The molecule has 3 N–H and O–H groups in total. The molecule has 0 aromatic rings. The number of likely N-dealkylation sites (N-methyl/N-ethyl adjacent to an activating group) is 1. The minimum Gasteiger partial charge on any atom is -0.368 e. The van der Waals surface area contributed by atoms with E-state index in [1.165, 1.54) is 0 Å².